The lowest BCUT2D eigenvalue weighted by molar-refractivity contribution is 0.244. The third-order valence-corrected chi connectivity index (χ3v) is 5.04. The summed E-state index contributed by atoms with van der Waals surface area (Å²) in [6, 6.07) is 10.2. The van der Waals surface area contributed by atoms with Gasteiger partial charge >= 0.3 is 0 Å². The molecule has 0 spiro atoms. The molecule has 0 amide bonds. The average Bonchev–Trinajstić information content (AvgIpc) is 3.04. The largest absolute Gasteiger partial charge is 0.369 e. The number of H-pyrrole nitrogens is 1. The van der Waals surface area contributed by atoms with E-state index in [1.165, 1.54) is 4.88 Å². The third kappa shape index (κ3) is 2.83. The maximum Gasteiger partial charge on any atom is 0.257 e. The summed E-state index contributed by atoms with van der Waals surface area (Å²) in [6.45, 7) is 2.22. The number of nitrogen functional groups attached to an aromatic ring is 1. The molecule has 1 aromatic carbocycles. The van der Waals surface area contributed by atoms with Crippen molar-refractivity contribution >= 4 is 17.3 Å². The third-order valence-electron chi connectivity index (χ3n) is 4.22. The van der Waals surface area contributed by atoms with Gasteiger partial charge in [0.15, 0.2) is 0 Å². The van der Waals surface area contributed by atoms with Gasteiger partial charge in [-0.25, -0.2) is 9.97 Å². The van der Waals surface area contributed by atoms with Gasteiger partial charge in [0.1, 0.15) is 0 Å². The minimum absolute atomic E-state index is 0.130. The quantitative estimate of drug-likeness (QED) is 0.762. The zero-order valence-corrected chi connectivity index (χ0v) is 13.8. The van der Waals surface area contributed by atoms with Gasteiger partial charge in [-0.3, -0.25) is 14.7 Å². The van der Waals surface area contributed by atoms with E-state index in [1.807, 2.05) is 23.7 Å². The first kappa shape index (κ1) is 15.0. The summed E-state index contributed by atoms with van der Waals surface area (Å²) in [5.74, 6) is 0.195. The Morgan fingerprint density at radius 1 is 1.29 bits per heavy atom. The molecular weight excluding hydrogens is 322 g/mol. The Morgan fingerprint density at radius 2 is 2.12 bits per heavy atom. The van der Waals surface area contributed by atoms with Crippen molar-refractivity contribution in [2.45, 2.75) is 19.5 Å². The number of thiazole rings is 1. The van der Waals surface area contributed by atoms with Crippen LogP contribution in [0.1, 0.15) is 16.1 Å². The fourth-order valence-electron chi connectivity index (χ4n) is 3.05. The molecule has 3 aromatic rings. The number of hydrogen-bond acceptors (Lipinski definition) is 6. The molecule has 0 bridgehead atoms. The molecule has 7 heteroatoms. The molecule has 0 fully saturated rings. The van der Waals surface area contributed by atoms with E-state index < -0.39 is 0 Å². The first-order chi connectivity index (χ1) is 11.7. The van der Waals surface area contributed by atoms with Crippen LogP contribution >= 0.6 is 11.3 Å². The summed E-state index contributed by atoms with van der Waals surface area (Å²) in [6.07, 6.45) is 0.739. The second kappa shape index (κ2) is 6.18. The van der Waals surface area contributed by atoms with Crippen molar-refractivity contribution in [3.63, 3.8) is 0 Å². The van der Waals surface area contributed by atoms with Crippen LogP contribution in [0.3, 0.4) is 0 Å². The molecule has 1 aliphatic heterocycles. The van der Waals surface area contributed by atoms with Crippen molar-refractivity contribution < 1.29 is 0 Å². The molecule has 2 aromatic heterocycles. The highest BCUT2D eigenvalue weighted by atomic mass is 32.1. The molecular formula is C17H17N5OS. The summed E-state index contributed by atoms with van der Waals surface area (Å²) in [5, 5.41) is 0. The molecule has 3 N–H and O–H groups in total. The lowest BCUT2D eigenvalue weighted by Gasteiger charge is -2.27. The second-order valence-electron chi connectivity index (χ2n) is 5.83. The molecule has 4 rings (SSSR count). The normalized spacial score (nSPS) is 14.5. The van der Waals surface area contributed by atoms with Gasteiger partial charge in [-0.2, -0.15) is 0 Å². The van der Waals surface area contributed by atoms with Gasteiger partial charge in [0, 0.05) is 36.5 Å². The van der Waals surface area contributed by atoms with Crippen LogP contribution in [0.15, 0.2) is 40.6 Å². The topological polar surface area (TPSA) is 87.9 Å². The van der Waals surface area contributed by atoms with E-state index in [9.17, 15) is 4.79 Å². The molecule has 6 nitrogen and oxygen atoms in total. The van der Waals surface area contributed by atoms with Gasteiger partial charge < -0.3 is 5.73 Å². The fraction of sp³-hybridized carbons (Fsp3) is 0.235. The number of nitrogens with two attached hydrogens (primary N) is 1. The van der Waals surface area contributed by atoms with Gasteiger partial charge in [0.05, 0.1) is 22.5 Å². The average molecular weight is 339 g/mol. The number of hydrogen-bond donors (Lipinski definition) is 2. The number of benzene rings is 1. The molecule has 0 unspecified atom stereocenters. The van der Waals surface area contributed by atoms with E-state index in [0.717, 1.165) is 42.0 Å². The molecule has 0 saturated carbocycles. The Morgan fingerprint density at radius 3 is 2.96 bits per heavy atom. The van der Waals surface area contributed by atoms with Gasteiger partial charge in [-0.05, 0) is 0 Å². The number of rotatable bonds is 3. The minimum Gasteiger partial charge on any atom is -0.369 e. The SMILES string of the molecule is Nc1nc2c(c(=O)[nH]1)CN(Cc1scnc1-c1ccccc1)CC2. The lowest BCUT2D eigenvalue weighted by atomic mass is 10.1. The van der Waals surface area contributed by atoms with Crippen molar-refractivity contribution in [1.29, 1.82) is 0 Å². The highest BCUT2D eigenvalue weighted by molar-refractivity contribution is 7.10. The van der Waals surface area contributed by atoms with Crippen LogP contribution in [0.25, 0.3) is 11.3 Å². The van der Waals surface area contributed by atoms with Crippen molar-refractivity contribution in [2.75, 3.05) is 12.3 Å². The molecule has 24 heavy (non-hydrogen) atoms. The van der Waals surface area contributed by atoms with E-state index in [1.54, 1.807) is 11.3 Å². The summed E-state index contributed by atoms with van der Waals surface area (Å²) in [5.41, 5.74) is 11.1. The summed E-state index contributed by atoms with van der Waals surface area (Å²) < 4.78 is 0. The van der Waals surface area contributed by atoms with E-state index in [0.29, 0.717) is 6.54 Å². The van der Waals surface area contributed by atoms with Gasteiger partial charge in [0.2, 0.25) is 5.95 Å². The highest BCUT2D eigenvalue weighted by Crippen LogP contribution is 2.27. The van der Waals surface area contributed by atoms with Crippen LogP contribution < -0.4 is 11.3 Å². The first-order valence-corrected chi connectivity index (χ1v) is 8.66. The van der Waals surface area contributed by atoms with Crippen molar-refractivity contribution in [3.05, 3.63) is 62.3 Å². The van der Waals surface area contributed by atoms with Crippen LogP contribution in [0, 0.1) is 0 Å². The number of aromatic amines is 1. The Kier molecular flexibility index (Phi) is 3.87. The fourth-order valence-corrected chi connectivity index (χ4v) is 3.88. The van der Waals surface area contributed by atoms with E-state index >= 15 is 0 Å². The van der Waals surface area contributed by atoms with Crippen molar-refractivity contribution in [1.82, 2.24) is 19.9 Å². The maximum absolute atomic E-state index is 12.1. The first-order valence-electron chi connectivity index (χ1n) is 7.78. The summed E-state index contributed by atoms with van der Waals surface area (Å²) in [7, 11) is 0. The molecule has 122 valence electrons. The van der Waals surface area contributed by atoms with Crippen molar-refractivity contribution in [2.24, 2.45) is 0 Å². The second-order valence-corrected chi connectivity index (χ2v) is 6.77. The van der Waals surface area contributed by atoms with Gasteiger partial charge in [0.25, 0.3) is 5.56 Å². The van der Waals surface area contributed by atoms with Gasteiger partial charge in [-0.15, -0.1) is 11.3 Å². The molecule has 0 radical (unpaired) electrons. The Balaban J connectivity index is 1.58. The monoisotopic (exact) mass is 339 g/mol. The Labute approximate surface area is 143 Å². The van der Waals surface area contributed by atoms with Crippen molar-refractivity contribution in [3.8, 4) is 11.3 Å². The predicted octanol–water partition coefficient (Wildman–Crippen LogP) is 2.03. The zero-order valence-electron chi connectivity index (χ0n) is 13.0. The molecule has 0 atom stereocenters. The van der Waals surface area contributed by atoms with E-state index in [2.05, 4.69) is 32.0 Å². The molecule has 0 saturated heterocycles. The lowest BCUT2D eigenvalue weighted by Crippen LogP contribution is -2.35. The van der Waals surface area contributed by atoms with E-state index in [-0.39, 0.29) is 11.5 Å². The van der Waals surface area contributed by atoms with Crippen LogP contribution in [0.2, 0.25) is 0 Å². The smallest absolute Gasteiger partial charge is 0.257 e. The van der Waals surface area contributed by atoms with Crippen LogP contribution in [0.5, 0.6) is 0 Å². The molecule has 0 aliphatic carbocycles. The standard InChI is InChI=1S/C17H17N5OS/c18-17-20-13-6-7-22(8-12(13)16(23)21-17)9-14-15(19-10-24-14)11-4-2-1-3-5-11/h1-5,10H,6-9H2,(H3,18,20,21,23). The highest BCUT2D eigenvalue weighted by Gasteiger charge is 2.22. The number of fused-ring (bicyclic) bond motifs is 1. The van der Waals surface area contributed by atoms with Crippen LogP contribution in [0.4, 0.5) is 5.95 Å². The minimum atomic E-state index is -0.130. The summed E-state index contributed by atoms with van der Waals surface area (Å²) in [4.78, 5) is 26.9. The van der Waals surface area contributed by atoms with Crippen LogP contribution in [-0.2, 0) is 19.5 Å². The Bertz CT molecular complexity index is 918. The van der Waals surface area contributed by atoms with Crippen LogP contribution in [-0.4, -0.2) is 26.4 Å². The number of nitrogens with one attached hydrogen (secondary N) is 1. The number of anilines is 1. The number of nitrogens with zero attached hydrogens (tertiary/aromatic N) is 3. The Hall–Kier alpha value is -2.51. The van der Waals surface area contributed by atoms with Gasteiger partial charge in [-0.1, -0.05) is 30.3 Å². The molecule has 1 aliphatic rings. The molecule has 3 heterocycles. The number of aromatic nitrogens is 3. The zero-order chi connectivity index (χ0) is 16.5. The predicted molar refractivity (Wildman–Crippen MR) is 94.6 cm³/mol. The van der Waals surface area contributed by atoms with E-state index in [4.69, 9.17) is 5.73 Å². The maximum atomic E-state index is 12.1. The summed E-state index contributed by atoms with van der Waals surface area (Å²) >= 11 is 1.65.